The van der Waals surface area contributed by atoms with E-state index in [1.165, 1.54) is 5.56 Å². The molecule has 0 spiro atoms. The van der Waals surface area contributed by atoms with Crippen LogP contribution in [0, 0.1) is 11.8 Å². The molecule has 0 unspecified atom stereocenters. The lowest BCUT2D eigenvalue weighted by atomic mass is 9.91. The first-order valence-electron chi connectivity index (χ1n) is 7.60. The molecule has 1 saturated carbocycles. The first-order chi connectivity index (χ1) is 10.1. The lowest BCUT2D eigenvalue weighted by molar-refractivity contribution is -0.137. The van der Waals surface area contributed by atoms with E-state index in [0.717, 1.165) is 32.4 Å². The van der Waals surface area contributed by atoms with Gasteiger partial charge in [-0.15, -0.1) is 0 Å². The Labute approximate surface area is 129 Å². The molecule has 21 heavy (non-hydrogen) atoms. The van der Waals surface area contributed by atoms with Gasteiger partial charge in [0.1, 0.15) is 0 Å². The first kappa shape index (κ1) is 14.6. The van der Waals surface area contributed by atoms with Crippen LogP contribution in [-0.2, 0) is 9.59 Å². The molecule has 1 aliphatic heterocycles. The first-order valence-corrected chi connectivity index (χ1v) is 8.54. The van der Waals surface area contributed by atoms with E-state index in [1.54, 1.807) is 30.3 Å². The monoisotopic (exact) mass is 306 g/mol. The maximum Gasteiger partial charge on any atom is 0.226 e. The average Bonchev–Trinajstić information content (AvgIpc) is 3.10. The third kappa shape index (κ3) is 2.98. The normalized spacial score (nSPS) is 25.7. The molecule has 2 atom stereocenters. The van der Waals surface area contributed by atoms with Crippen molar-refractivity contribution < 1.29 is 9.59 Å². The molecule has 2 heterocycles. The quantitative estimate of drug-likeness (QED) is 0.859. The lowest BCUT2D eigenvalue weighted by Crippen LogP contribution is -2.39. The van der Waals surface area contributed by atoms with Gasteiger partial charge in [0.25, 0.3) is 0 Å². The Bertz CT molecular complexity index is 518. The summed E-state index contributed by atoms with van der Waals surface area (Å²) in [6.07, 6.45) is 2.82. The Balaban J connectivity index is 1.51. The number of carbonyl (C=O) groups excluding carboxylic acids is 2. The zero-order valence-corrected chi connectivity index (χ0v) is 13.4. The summed E-state index contributed by atoms with van der Waals surface area (Å²) in [5.74, 6) is 0.763. The topological polar surface area (TPSA) is 40.6 Å². The maximum absolute atomic E-state index is 12.4. The second-order valence-electron chi connectivity index (χ2n) is 6.34. The summed E-state index contributed by atoms with van der Waals surface area (Å²) in [4.78, 5) is 27.9. The number of carbonyl (C=O) groups is 2. The Morgan fingerprint density at radius 1 is 1.24 bits per heavy atom. The third-order valence-corrected chi connectivity index (χ3v) is 5.39. The molecule has 1 aromatic rings. The highest BCUT2D eigenvalue weighted by Gasteiger charge is 2.50. The molecular weight excluding hydrogens is 284 g/mol. The van der Waals surface area contributed by atoms with Gasteiger partial charge < -0.3 is 9.80 Å². The Hall–Kier alpha value is -1.36. The number of rotatable bonds is 3. The minimum atomic E-state index is -0.0675. The van der Waals surface area contributed by atoms with Crippen LogP contribution >= 0.6 is 11.3 Å². The highest BCUT2D eigenvalue weighted by molar-refractivity contribution is 7.07. The molecule has 1 saturated heterocycles. The Morgan fingerprint density at radius 2 is 1.95 bits per heavy atom. The van der Waals surface area contributed by atoms with Gasteiger partial charge in [-0.25, -0.2) is 0 Å². The van der Waals surface area contributed by atoms with Crippen molar-refractivity contribution in [1.82, 2.24) is 9.80 Å². The van der Waals surface area contributed by atoms with Gasteiger partial charge in [-0.05, 0) is 47.6 Å². The molecular formula is C16H22N2O2S. The van der Waals surface area contributed by atoms with Crippen LogP contribution in [0.4, 0.5) is 0 Å². The predicted octanol–water partition coefficient (Wildman–Crippen LogP) is 2.18. The molecule has 2 amide bonds. The molecule has 4 nitrogen and oxygen atoms in total. The van der Waals surface area contributed by atoms with Gasteiger partial charge in [0.2, 0.25) is 11.8 Å². The van der Waals surface area contributed by atoms with Crippen molar-refractivity contribution in [2.24, 2.45) is 11.8 Å². The number of amides is 2. The van der Waals surface area contributed by atoms with Crippen molar-refractivity contribution in [3.05, 3.63) is 22.4 Å². The maximum atomic E-state index is 12.4. The second-order valence-corrected chi connectivity index (χ2v) is 7.12. The number of hydrogen-bond donors (Lipinski definition) is 0. The van der Waals surface area contributed by atoms with Crippen molar-refractivity contribution in [3.63, 3.8) is 0 Å². The van der Waals surface area contributed by atoms with Crippen LogP contribution in [0.3, 0.4) is 0 Å². The molecule has 2 fully saturated rings. The van der Waals surface area contributed by atoms with Crippen LogP contribution in [0.1, 0.15) is 30.7 Å². The number of thiophene rings is 1. The van der Waals surface area contributed by atoms with Crippen LogP contribution in [0.25, 0.3) is 0 Å². The Morgan fingerprint density at radius 3 is 2.52 bits per heavy atom. The van der Waals surface area contributed by atoms with E-state index in [9.17, 15) is 9.59 Å². The van der Waals surface area contributed by atoms with Gasteiger partial charge in [0.05, 0.1) is 11.8 Å². The fourth-order valence-electron chi connectivity index (χ4n) is 3.25. The van der Waals surface area contributed by atoms with Gasteiger partial charge in [0.15, 0.2) is 0 Å². The number of hydrogen-bond acceptors (Lipinski definition) is 3. The van der Waals surface area contributed by atoms with E-state index < -0.39 is 0 Å². The predicted molar refractivity (Wildman–Crippen MR) is 83.2 cm³/mol. The lowest BCUT2D eigenvalue weighted by Gasteiger charge is -2.32. The molecule has 0 N–H and O–H groups in total. The van der Waals surface area contributed by atoms with Crippen LogP contribution in [0.15, 0.2) is 16.8 Å². The van der Waals surface area contributed by atoms with E-state index in [-0.39, 0.29) is 23.7 Å². The summed E-state index contributed by atoms with van der Waals surface area (Å²) in [5, 5.41) is 4.34. The van der Waals surface area contributed by atoms with Crippen LogP contribution < -0.4 is 0 Å². The number of piperidine rings is 1. The smallest absolute Gasteiger partial charge is 0.226 e. The van der Waals surface area contributed by atoms with Crippen molar-refractivity contribution >= 4 is 23.2 Å². The Kier molecular flexibility index (Phi) is 4.02. The van der Waals surface area contributed by atoms with Gasteiger partial charge >= 0.3 is 0 Å². The SMILES string of the molecule is CN(C)C(=O)[C@@H]1C[C@@H]1C(=O)N1CCC(c2ccsc2)CC1. The fourth-order valence-corrected chi connectivity index (χ4v) is 3.99. The number of likely N-dealkylation sites (tertiary alicyclic amines) is 1. The van der Waals surface area contributed by atoms with Crippen molar-refractivity contribution in [3.8, 4) is 0 Å². The summed E-state index contributed by atoms with van der Waals surface area (Å²) in [7, 11) is 3.52. The summed E-state index contributed by atoms with van der Waals surface area (Å²) >= 11 is 1.74. The zero-order chi connectivity index (χ0) is 15.0. The number of nitrogens with zero attached hydrogens (tertiary/aromatic N) is 2. The molecule has 1 aliphatic carbocycles. The summed E-state index contributed by atoms with van der Waals surface area (Å²) in [6, 6.07) is 2.19. The fraction of sp³-hybridized carbons (Fsp3) is 0.625. The van der Waals surface area contributed by atoms with Gasteiger partial charge in [-0.2, -0.15) is 11.3 Å². The second kappa shape index (κ2) is 5.79. The van der Waals surface area contributed by atoms with E-state index >= 15 is 0 Å². The van der Waals surface area contributed by atoms with Crippen molar-refractivity contribution in [1.29, 1.82) is 0 Å². The summed E-state index contributed by atoms with van der Waals surface area (Å²) < 4.78 is 0. The third-order valence-electron chi connectivity index (χ3n) is 4.69. The molecule has 3 rings (SSSR count). The average molecular weight is 306 g/mol. The van der Waals surface area contributed by atoms with E-state index in [0.29, 0.717) is 5.92 Å². The van der Waals surface area contributed by atoms with Crippen LogP contribution in [0.2, 0.25) is 0 Å². The highest BCUT2D eigenvalue weighted by atomic mass is 32.1. The molecule has 0 radical (unpaired) electrons. The van der Waals surface area contributed by atoms with E-state index in [2.05, 4.69) is 16.8 Å². The van der Waals surface area contributed by atoms with Crippen LogP contribution in [0.5, 0.6) is 0 Å². The zero-order valence-electron chi connectivity index (χ0n) is 12.6. The molecule has 5 heteroatoms. The van der Waals surface area contributed by atoms with Gasteiger partial charge in [-0.3, -0.25) is 9.59 Å². The minimum Gasteiger partial charge on any atom is -0.349 e. The van der Waals surface area contributed by atoms with Crippen molar-refractivity contribution in [2.45, 2.75) is 25.2 Å². The van der Waals surface area contributed by atoms with E-state index in [4.69, 9.17) is 0 Å². The summed E-state index contributed by atoms with van der Waals surface area (Å²) in [6.45, 7) is 1.66. The van der Waals surface area contributed by atoms with E-state index in [1.807, 2.05) is 4.90 Å². The largest absolute Gasteiger partial charge is 0.349 e. The van der Waals surface area contributed by atoms with Gasteiger partial charge in [0, 0.05) is 27.2 Å². The summed E-state index contributed by atoms with van der Waals surface area (Å²) in [5.41, 5.74) is 1.42. The van der Waals surface area contributed by atoms with Gasteiger partial charge in [-0.1, -0.05) is 0 Å². The minimum absolute atomic E-state index is 0.0578. The molecule has 0 bridgehead atoms. The highest BCUT2D eigenvalue weighted by Crippen LogP contribution is 2.42. The molecule has 114 valence electrons. The molecule has 2 aliphatic rings. The van der Waals surface area contributed by atoms with Crippen LogP contribution in [-0.4, -0.2) is 48.8 Å². The van der Waals surface area contributed by atoms with Crippen molar-refractivity contribution in [2.75, 3.05) is 27.2 Å². The molecule has 0 aromatic carbocycles. The molecule has 1 aromatic heterocycles. The standard InChI is InChI=1S/C16H22N2O2S/c1-17(2)15(19)13-9-14(13)16(20)18-6-3-11(4-7-18)12-5-8-21-10-12/h5,8,10-11,13-14H,3-4,6-7,9H2,1-2H3/t13-,14+/m1/s1.